The first-order valence-corrected chi connectivity index (χ1v) is 6.29. The molecule has 0 radical (unpaired) electrons. The number of rotatable bonds is 6. The number of primary amides is 1. The topological polar surface area (TPSA) is 110 Å². The number of nitrogens with one attached hydrogen (secondary N) is 2. The zero-order chi connectivity index (χ0) is 13.8. The van der Waals surface area contributed by atoms with Crippen LogP contribution in [0, 0.1) is 5.92 Å². The molecular formula is C13H18N4O2. The lowest BCUT2D eigenvalue weighted by Gasteiger charge is -2.11. The molecule has 0 atom stereocenters. The summed E-state index contributed by atoms with van der Waals surface area (Å²) in [7, 11) is 0. The van der Waals surface area contributed by atoms with Crippen molar-refractivity contribution >= 4 is 23.2 Å². The summed E-state index contributed by atoms with van der Waals surface area (Å²) in [6, 6.07) is 4.93. The number of hydrogen-bond donors (Lipinski definition) is 4. The molecule has 2 amide bonds. The Bertz CT molecular complexity index is 497. The Morgan fingerprint density at radius 3 is 2.63 bits per heavy atom. The highest BCUT2D eigenvalue weighted by atomic mass is 16.2. The Kier molecular flexibility index (Phi) is 3.89. The lowest BCUT2D eigenvalue weighted by molar-refractivity contribution is -0.122. The molecule has 0 heterocycles. The average Bonchev–Trinajstić information content (AvgIpc) is 3.19. The number of amides is 2. The maximum Gasteiger partial charge on any atom is 0.250 e. The summed E-state index contributed by atoms with van der Waals surface area (Å²) in [6.45, 7) is 1.04. The highest BCUT2D eigenvalue weighted by Gasteiger charge is 2.28. The number of carbonyl (C=O) groups excluding carboxylic acids is 2. The van der Waals surface area contributed by atoms with Crippen molar-refractivity contribution in [1.29, 1.82) is 0 Å². The first kappa shape index (κ1) is 13.2. The molecule has 0 bridgehead atoms. The van der Waals surface area contributed by atoms with Crippen LogP contribution in [0.5, 0.6) is 0 Å². The molecule has 1 fully saturated rings. The second-order valence-electron chi connectivity index (χ2n) is 4.66. The molecule has 2 rings (SSSR count). The van der Waals surface area contributed by atoms with Gasteiger partial charge in [0.2, 0.25) is 5.91 Å². The first-order valence-electron chi connectivity index (χ1n) is 6.29. The van der Waals surface area contributed by atoms with Crippen molar-refractivity contribution in [1.82, 2.24) is 5.32 Å². The predicted molar refractivity (Wildman–Crippen MR) is 73.6 cm³/mol. The minimum atomic E-state index is -0.531. The molecule has 1 aliphatic carbocycles. The highest BCUT2D eigenvalue weighted by Crippen LogP contribution is 2.28. The van der Waals surface area contributed by atoms with E-state index in [-0.39, 0.29) is 11.8 Å². The van der Waals surface area contributed by atoms with Crippen LogP contribution >= 0.6 is 0 Å². The fraction of sp³-hybridized carbons (Fsp3) is 0.385. The van der Waals surface area contributed by atoms with E-state index in [0.29, 0.717) is 30.0 Å². The Hall–Kier alpha value is -2.24. The molecule has 0 spiro atoms. The van der Waals surface area contributed by atoms with E-state index in [1.54, 1.807) is 12.1 Å². The van der Waals surface area contributed by atoms with E-state index in [1.807, 2.05) is 0 Å². The third-order valence-electron chi connectivity index (χ3n) is 3.00. The molecule has 6 N–H and O–H groups in total. The summed E-state index contributed by atoms with van der Waals surface area (Å²) in [5.41, 5.74) is 12.4. The smallest absolute Gasteiger partial charge is 0.250 e. The molecule has 6 nitrogen and oxygen atoms in total. The zero-order valence-electron chi connectivity index (χ0n) is 10.6. The largest absolute Gasteiger partial charge is 0.399 e. The van der Waals surface area contributed by atoms with Gasteiger partial charge in [0.25, 0.3) is 5.91 Å². The lowest BCUT2D eigenvalue weighted by atomic mass is 10.1. The van der Waals surface area contributed by atoms with E-state index in [4.69, 9.17) is 11.5 Å². The molecule has 1 saturated carbocycles. The molecule has 1 aliphatic rings. The van der Waals surface area contributed by atoms with Crippen LogP contribution in [0.15, 0.2) is 18.2 Å². The van der Waals surface area contributed by atoms with Crippen molar-refractivity contribution in [3.8, 4) is 0 Å². The van der Waals surface area contributed by atoms with Gasteiger partial charge in [-0.25, -0.2) is 0 Å². The summed E-state index contributed by atoms with van der Waals surface area (Å²) >= 11 is 0. The Labute approximate surface area is 111 Å². The number of anilines is 2. The van der Waals surface area contributed by atoms with Gasteiger partial charge in [0, 0.05) is 30.4 Å². The number of nitrogens with two attached hydrogens (primary N) is 2. The van der Waals surface area contributed by atoms with Crippen LogP contribution in [0.3, 0.4) is 0 Å². The number of carbonyl (C=O) groups is 2. The van der Waals surface area contributed by atoms with E-state index in [9.17, 15) is 9.59 Å². The van der Waals surface area contributed by atoms with Gasteiger partial charge in [-0.3, -0.25) is 9.59 Å². The Morgan fingerprint density at radius 1 is 1.26 bits per heavy atom. The standard InChI is InChI=1S/C13H18N4O2/c14-9-3-4-11(10(7-9)12(15)18)16-5-6-17-13(19)8-1-2-8/h3-4,7-8,16H,1-2,5-6,14H2,(H2,15,18)(H,17,19). The van der Waals surface area contributed by atoms with Crippen molar-refractivity contribution in [2.45, 2.75) is 12.8 Å². The fourth-order valence-electron chi connectivity index (χ4n) is 1.79. The summed E-state index contributed by atoms with van der Waals surface area (Å²) in [4.78, 5) is 22.7. The minimum Gasteiger partial charge on any atom is -0.399 e. The first-order chi connectivity index (χ1) is 9.08. The van der Waals surface area contributed by atoms with Crippen LogP contribution in [0.2, 0.25) is 0 Å². The molecule has 0 aromatic heterocycles. The van der Waals surface area contributed by atoms with E-state index in [0.717, 1.165) is 12.8 Å². The fourth-order valence-corrected chi connectivity index (χ4v) is 1.79. The maximum atomic E-state index is 11.4. The monoisotopic (exact) mass is 262 g/mol. The van der Waals surface area contributed by atoms with Gasteiger partial charge >= 0.3 is 0 Å². The van der Waals surface area contributed by atoms with Crippen molar-refractivity contribution in [2.24, 2.45) is 11.7 Å². The van der Waals surface area contributed by atoms with Gasteiger partial charge in [0.1, 0.15) is 0 Å². The van der Waals surface area contributed by atoms with Crippen LogP contribution in [-0.4, -0.2) is 24.9 Å². The minimum absolute atomic E-state index is 0.106. The molecule has 102 valence electrons. The molecule has 19 heavy (non-hydrogen) atoms. The molecule has 0 saturated heterocycles. The van der Waals surface area contributed by atoms with E-state index in [1.165, 1.54) is 6.07 Å². The molecule has 0 unspecified atom stereocenters. The van der Waals surface area contributed by atoms with Gasteiger partial charge < -0.3 is 22.1 Å². The SMILES string of the molecule is NC(=O)c1cc(N)ccc1NCCNC(=O)C1CC1. The van der Waals surface area contributed by atoms with Crippen molar-refractivity contribution in [2.75, 3.05) is 24.1 Å². The predicted octanol–water partition coefficient (Wildman–Crippen LogP) is 0.306. The molecule has 1 aromatic carbocycles. The Morgan fingerprint density at radius 2 is 2.00 bits per heavy atom. The number of benzene rings is 1. The molecular weight excluding hydrogens is 244 g/mol. The van der Waals surface area contributed by atoms with Gasteiger partial charge in [0.15, 0.2) is 0 Å². The lowest BCUT2D eigenvalue weighted by Crippen LogP contribution is -2.30. The maximum absolute atomic E-state index is 11.4. The number of nitrogen functional groups attached to an aromatic ring is 1. The molecule has 1 aromatic rings. The molecule has 6 heteroatoms. The van der Waals surface area contributed by atoms with Gasteiger partial charge in [-0.15, -0.1) is 0 Å². The van der Waals surface area contributed by atoms with Crippen LogP contribution in [0.1, 0.15) is 23.2 Å². The van der Waals surface area contributed by atoms with Gasteiger partial charge in [-0.1, -0.05) is 0 Å². The van der Waals surface area contributed by atoms with Crippen LogP contribution in [0.4, 0.5) is 11.4 Å². The van der Waals surface area contributed by atoms with Crippen molar-refractivity contribution < 1.29 is 9.59 Å². The van der Waals surface area contributed by atoms with Crippen LogP contribution in [0.25, 0.3) is 0 Å². The second kappa shape index (κ2) is 5.60. The zero-order valence-corrected chi connectivity index (χ0v) is 10.6. The summed E-state index contributed by atoms with van der Waals surface area (Å²) in [5.74, 6) is -0.219. The Balaban J connectivity index is 1.84. The van der Waals surface area contributed by atoms with E-state index < -0.39 is 5.91 Å². The van der Waals surface area contributed by atoms with Crippen LogP contribution < -0.4 is 22.1 Å². The average molecular weight is 262 g/mol. The number of hydrogen-bond acceptors (Lipinski definition) is 4. The third-order valence-corrected chi connectivity index (χ3v) is 3.00. The summed E-state index contributed by atoms with van der Waals surface area (Å²) in [5, 5.41) is 5.90. The summed E-state index contributed by atoms with van der Waals surface area (Å²) < 4.78 is 0. The summed E-state index contributed by atoms with van der Waals surface area (Å²) in [6.07, 6.45) is 1.98. The quantitative estimate of drug-likeness (QED) is 0.436. The van der Waals surface area contributed by atoms with Gasteiger partial charge in [-0.2, -0.15) is 0 Å². The van der Waals surface area contributed by atoms with Gasteiger partial charge in [-0.05, 0) is 31.0 Å². The highest BCUT2D eigenvalue weighted by molar-refractivity contribution is 5.99. The van der Waals surface area contributed by atoms with E-state index >= 15 is 0 Å². The second-order valence-corrected chi connectivity index (χ2v) is 4.66. The third kappa shape index (κ3) is 3.61. The van der Waals surface area contributed by atoms with Crippen molar-refractivity contribution in [3.63, 3.8) is 0 Å². The van der Waals surface area contributed by atoms with Crippen molar-refractivity contribution in [3.05, 3.63) is 23.8 Å². The molecule has 0 aliphatic heterocycles. The van der Waals surface area contributed by atoms with Gasteiger partial charge in [0.05, 0.1) is 5.56 Å². The normalized spacial score (nSPS) is 13.9. The van der Waals surface area contributed by atoms with E-state index in [2.05, 4.69) is 10.6 Å². The van der Waals surface area contributed by atoms with Crippen LogP contribution in [-0.2, 0) is 4.79 Å².